The molecule has 0 bridgehead atoms. The highest BCUT2D eigenvalue weighted by Crippen LogP contribution is 2.45. The highest BCUT2D eigenvalue weighted by Gasteiger charge is 2.47. The number of hydrogen-bond donors (Lipinski definition) is 0. The first-order valence-corrected chi connectivity index (χ1v) is 10.9. The van der Waals surface area contributed by atoms with Crippen molar-refractivity contribution in [2.45, 2.75) is 39.4 Å². The lowest BCUT2D eigenvalue weighted by Crippen LogP contribution is -2.46. The molecule has 0 atom stereocenters. The molecule has 1 heterocycles. The lowest BCUT2D eigenvalue weighted by atomic mass is 9.84. The molecular weight excluding hydrogens is 434 g/mol. The third kappa shape index (κ3) is 4.64. The minimum Gasteiger partial charge on any atom is -0.475 e. The van der Waals surface area contributed by atoms with Gasteiger partial charge in [0.1, 0.15) is 22.9 Å². The summed E-state index contributed by atoms with van der Waals surface area (Å²) in [6.45, 7) is 6.54. The maximum atomic E-state index is 11.4. The minimum absolute atomic E-state index is 0.173. The van der Waals surface area contributed by atoms with E-state index in [9.17, 15) is 9.59 Å². The molecule has 7 nitrogen and oxygen atoms in total. The molecule has 0 aromatic heterocycles. The number of carbonyl (C=O) groups is 2. The van der Waals surface area contributed by atoms with E-state index in [2.05, 4.69) is 0 Å². The second kappa shape index (κ2) is 9.39. The molecular formula is C27H25NO6. The summed E-state index contributed by atoms with van der Waals surface area (Å²) in [5.41, 5.74) is 0.860. The van der Waals surface area contributed by atoms with Crippen LogP contribution in [-0.2, 0) is 19.9 Å². The Labute approximate surface area is 197 Å². The van der Waals surface area contributed by atoms with E-state index in [1.165, 1.54) is 13.8 Å². The molecule has 0 aliphatic carbocycles. The highest BCUT2D eigenvalue weighted by molar-refractivity contribution is 5.95. The number of aliphatic imine (C=N–C) groups is 1. The molecule has 0 spiro atoms. The number of esters is 2. The van der Waals surface area contributed by atoms with Crippen molar-refractivity contribution in [2.24, 2.45) is 4.99 Å². The number of rotatable bonds is 5. The van der Waals surface area contributed by atoms with E-state index in [0.717, 1.165) is 11.1 Å². The zero-order valence-corrected chi connectivity index (χ0v) is 19.4. The molecule has 3 aromatic rings. The zero-order chi connectivity index (χ0) is 24.3. The molecule has 0 saturated heterocycles. The Morgan fingerprint density at radius 2 is 1.29 bits per heavy atom. The maximum absolute atomic E-state index is 11.4. The van der Waals surface area contributed by atoms with E-state index in [-0.39, 0.29) is 6.10 Å². The van der Waals surface area contributed by atoms with Gasteiger partial charge in [-0.1, -0.05) is 36.4 Å². The summed E-state index contributed by atoms with van der Waals surface area (Å²) in [4.78, 5) is 27.6. The molecule has 34 heavy (non-hydrogen) atoms. The van der Waals surface area contributed by atoms with E-state index in [1.54, 1.807) is 24.3 Å². The summed E-state index contributed by atoms with van der Waals surface area (Å²) in [7, 11) is 0. The first kappa shape index (κ1) is 23.0. The number of carbonyl (C=O) groups excluding carboxylic acids is 2. The largest absolute Gasteiger partial charge is 0.475 e. The quantitative estimate of drug-likeness (QED) is 0.379. The number of benzene rings is 3. The van der Waals surface area contributed by atoms with Crippen LogP contribution in [-0.4, -0.2) is 23.9 Å². The molecule has 0 amide bonds. The summed E-state index contributed by atoms with van der Waals surface area (Å²) in [5, 5.41) is 0. The van der Waals surface area contributed by atoms with Crippen molar-refractivity contribution >= 4 is 23.5 Å². The van der Waals surface area contributed by atoms with E-state index in [4.69, 9.17) is 23.9 Å². The normalized spacial score (nSPS) is 13.9. The van der Waals surface area contributed by atoms with Crippen LogP contribution in [0.3, 0.4) is 0 Å². The first-order chi connectivity index (χ1) is 16.3. The average Bonchev–Trinajstić information content (AvgIpc) is 2.78. The van der Waals surface area contributed by atoms with Gasteiger partial charge in [0.2, 0.25) is 11.5 Å². The third-order valence-electron chi connectivity index (χ3n) is 5.04. The molecule has 7 heteroatoms. The summed E-state index contributed by atoms with van der Waals surface area (Å²) in [6.07, 6.45) is -0.173. The van der Waals surface area contributed by atoms with Gasteiger partial charge in [-0.25, -0.2) is 4.99 Å². The average molecular weight is 459 g/mol. The van der Waals surface area contributed by atoms with Crippen molar-refractivity contribution in [3.8, 4) is 17.2 Å². The van der Waals surface area contributed by atoms with Gasteiger partial charge >= 0.3 is 11.9 Å². The van der Waals surface area contributed by atoms with Gasteiger partial charge in [0.15, 0.2) is 0 Å². The third-order valence-corrected chi connectivity index (χ3v) is 5.04. The Balaban J connectivity index is 1.90. The monoisotopic (exact) mass is 459 g/mol. The van der Waals surface area contributed by atoms with Crippen LogP contribution < -0.4 is 14.2 Å². The van der Waals surface area contributed by atoms with Gasteiger partial charge in [0.25, 0.3) is 0 Å². The number of hydrogen-bond acceptors (Lipinski definition) is 7. The van der Waals surface area contributed by atoms with E-state index in [0.29, 0.717) is 28.8 Å². The van der Waals surface area contributed by atoms with Crippen LogP contribution in [0.25, 0.3) is 0 Å². The summed E-state index contributed by atoms with van der Waals surface area (Å²) >= 11 is 0. The molecule has 4 rings (SSSR count). The molecule has 0 unspecified atom stereocenters. The van der Waals surface area contributed by atoms with Gasteiger partial charge in [-0.15, -0.1) is 0 Å². The Morgan fingerprint density at radius 1 is 0.794 bits per heavy atom. The van der Waals surface area contributed by atoms with Gasteiger partial charge in [-0.05, 0) is 50.2 Å². The fraction of sp³-hybridized carbons (Fsp3) is 0.222. The van der Waals surface area contributed by atoms with Crippen LogP contribution in [0.2, 0.25) is 0 Å². The van der Waals surface area contributed by atoms with E-state index < -0.39 is 17.5 Å². The van der Waals surface area contributed by atoms with Crippen molar-refractivity contribution < 1.29 is 28.5 Å². The molecule has 1 aliphatic rings. The standard InChI is InChI=1S/C27H25NO6/c1-17(2)31-26-27(34-25-8-6-5-7-24(25)28-26,20-9-13-22(14-10-20)32-18(3)29)21-11-15-23(16-12-21)33-19(4)30/h5-17H,1-4H3. The maximum Gasteiger partial charge on any atom is 0.308 e. The van der Waals surface area contributed by atoms with E-state index >= 15 is 0 Å². The van der Waals surface area contributed by atoms with Crippen LogP contribution in [0.5, 0.6) is 17.2 Å². The second-order valence-electron chi connectivity index (χ2n) is 8.07. The predicted octanol–water partition coefficient (Wildman–Crippen LogP) is 5.33. The van der Waals surface area contributed by atoms with Crippen LogP contribution in [0.1, 0.15) is 38.8 Å². The van der Waals surface area contributed by atoms with Crippen molar-refractivity contribution in [1.82, 2.24) is 0 Å². The molecule has 1 aliphatic heterocycles. The molecule has 0 radical (unpaired) electrons. The Kier molecular flexibility index (Phi) is 6.36. The topological polar surface area (TPSA) is 83.4 Å². The number of ether oxygens (including phenoxy) is 4. The lowest BCUT2D eigenvalue weighted by Gasteiger charge is -2.39. The molecule has 0 N–H and O–H groups in total. The van der Waals surface area contributed by atoms with Crippen LogP contribution >= 0.6 is 0 Å². The number of para-hydroxylation sites is 2. The number of fused-ring (bicyclic) bond motifs is 1. The van der Waals surface area contributed by atoms with Gasteiger partial charge in [-0.3, -0.25) is 9.59 Å². The Morgan fingerprint density at radius 3 is 1.76 bits per heavy atom. The van der Waals surface area contributed by atoms with Gasteiger partial charge in [-0.2, -0.15) is 0 Å². The highest BCUT2D eigenvalue weighted by atomic mass is 16.6. The molecule has 174 valence electrons. The molecule has 3 aromatic carbocycles. The van der Waals surface area contributed by atoms with Gasteiger partial charge in [0, 0.05) is 25.0 Å². The fourth-order valence-corrected chi connectivity index (χ4v) is 3.74. The van der Waals surface area contributed by atoms with Crippen molar-refractivity contribution in [2.75, 3.05) is 0 Å². The van der Waals surface area contributed by atoms with Crippen LogP contribution in [0.4, 0.5) is 5.69 Å². The van der Waals surface area contributed by atoms with Crippen LogP contribution in [0.15, 0.2) is 77.8 Å². The van der Waals surface area contributed by atoms with E-state index in [1.807, 2.05) is 62.4 Å². The summed E-state index contributed by atoms with van der Waals surface area (Å²) < 4.78 is 23.3. The number of nitrogens with zero attached hydrogens (tertiary/aromatic N) is 1. The zero-order valence-electron chi connectivity index (χ0n) is 19.4. The molecule has 0 fully saturated rings. The second-order valence-corrected chi connectivity index (χ2v) is 8.07. The predicted molar refractivity (Wildman–Crippen MR) is 127 cm³/mol. The van der Waals surface area contributed by atoms with Crippen molar-refractivity contribution in [3.63, 3.8) is 0 Å². The lowest BCUT2D eigenvalue weighted by molar-refractivity contribution is -0.132. The fourth-order valence-electron chi connectivity index (χ4n) is 3.74. The smallest absolute Gasteiger partial charge is 0.308 e. The Bertz CT molecular complexity index is 1170. The van der Waals surface area contributed by atoms with Crippen LogP contribution in [0, 0.1) is 0 Å². The summed E-state index contributed by atoms with van der Waals surface area (Å²) in [6, 6.07) is 21.5. The minimum atomic E-state index is -1.23. The Hall–Kier alpha value is -4.13. The SMILES string of the molecule is CC(=O)Oc1ccc(C2(c3ccc(OC(C)=O)cc3)Oc3ccccc3N=C2OC(C)C)cc1. The van der Waals surface area contributed by atoms with Gasteiger partial charge in [0.05, 0.1) is 6.10 Å². The molecule has 0 saturated carbocycles. The van der Waals surface area contributed by atoms with Crippen molar-refractivity contribution in [3.05, 3.63) is 83.9 Å². The summed E-state index contributed by atoms with van der Waals surface area (Å²) in [5.74, 6) is 0.967. The van der Waals surface area contributed by atoms with Gasteiger partial charge < -0.3 is 18.9 Å². The van der Waals surface area contributed by atoms with Crippen molar-refractivity contribution in [1.29, 1.82) is 0 Å². The first-order valence-electron chi connectivity index (χ1n) is 10.9.